The lowest BCUT2D eigenvalue weighted by atomic mass is 10.1. The van der Waals surface area contributed by atoms with E-state index in [-0.39, 0.29) is 24.6 Å². The number of hydrogen-bond acceptors (Lipinski definition) is 5. The molecule has 1 aliphatic rings. The van der Waals surface area contributed by atoms with Crippen molar-refractivity contribution in [2.75, 3.05) is 26.2 Å². The highest BCUT2D eigenvalue weighted by molar-refractivity contribution is 6.35. The van der Waals surface area contributed by atoms with Crippen molar-refractivity contribution >= 4 is 39.9 Å². The number of ether oxygens (including phenoxy) is 1. The summed E-state index contributed by atoms with van der Waals surface area (Å²) in [6.45, 7) is 3.40. The first kappa shape index (κ1) is 22.6. The summed E-state index contributed by atoms with van der Waals surface area (Å²) in [5.74, 6) is 0.0574. The van der Waals surface area contributed by atoms with Crippen LogP contribution >= 0.6 is 23.2 Å². The van der Waals surface area contributed by atoms with Crippen molar-refractivity contribution in [3.63, 3.8) is 0 Å². The van der Waals surface area contributed by atoms with Crippen LogP contribution in [0.25, 0.3) is 10.8 Å². The van der Waals surface area contributed by atoms with Crippen LogP contribution in [0, 0.1) is 0 Å². The lowest BCUT2D eigenvalue weighted by molar-refractivity contribution is -0.123. The molecule has 1 aliphatic heterocycles. The number of fused-ring (bicyclic) bond motifs is 1. The van der Waals surface area contributed by atoms with E-state index >= 15 is 0 Å². The molecule has 0 saturated carbocycles. The summed E-state index contributed by atoms with van der Waals surface area (Å²) in [5, 5.41) is 9.53. The number of likely N-dealkylation sites (tertiary alicyclic amines) is 1. The van der Waals surface area contributed by atoms with Gasteiger partial charge >= 0.3 is 0 Å². The van der Waals surface area contributed by atoms with E-state index in [4.69, 9.17) is 27.9 Å². The van der Waals surface area contributed by atoms with Gasteiger partial charge in [0.15, 0.2) is 6.61 Å². The molecule has 9 heteroatoms. The molecule has 2 aromatic carbocycles. The summed E-state index contributed by atoms with van der Waals surface area (Å²) in [6, 6.07) is 12.1. The third-order valence-corrected chi connectivity index (χ3v) is 6.01. The number of carbonyl (C=O) groups is 1. The van der Waals surface area contributed by atoms with Gasteiger partial charge in [0, 0.05) is 17.0 Å². The fourth-order valence-corrected chi connectivity index (χ4v) is 4.26. The molecule has 1 aromatic heterocycles. The number of benzene rings is 2. The minimum Gasteiger partial charge on any atom is -0.482 e. The van der Waals surface area contributed by atoms with Gasteiger partial charge < -0.3 is 15.0 Å². The number of aromatic nitrogens is 2. The van der Waals surface area contributed by atoms with E-state index in [0.29, 0.717) is 33.4 Å². The molecule has 1 N–H and O–H groups in total. The first-order valence-corrected chi connectivity index (χ1v) is 11.3. The summed E-state index contributed by atoms with van der Waals surface area (Å²) in [7, 11) is 0. The summed E-state index contributed by atoms with van der Waals surface area (Å²) in [6.07, 6.45) is 2.39. The molecule has 32 heavy (non-hydrogen) atoms. The molecule has 3 aromatic rings. The summed E-state index contributed by atoms with van der Waals surface area (Å²) < 4.78 is 6.99. The fourth-order valence-electron chi connectivity index (χ4n) is 3.80. The van der Waals surface area contributed by atoms with Gasteiger partial charge in [0.25, 0.3) is 11.5 Å². The van der Waals surface area contributed by atoms with Gasteiger partial charge in [-0.3, -0.25) is 9.59 Å². The third-order valence-electron chi connectivity index (χ3n) is 5.48. The molecule has 4 rings (SSSR count). The Morgan fingerprint density at radius 3 is 2.56 bits per heavy atom. The molecule has 0 bridgehead atoms. The maximum absolute atomic E-state index is 12.9. The molecule has 0 unspecified atom stereocenters. The van der Waals surface area contributed by atoms with E-state index in [2.05, 4.69) is 15.3 Å². The number of amides is 1. The summed E-state index contributed by atoms with van der Waals surface area (Å²) in [4.78, 5) is 27.6. The second-order valence-electron chi connectivity index (χ2n) is 7.71. The lowest BCUT2D eigenvalue weighted by Gasteiger charge is -2.16. The van der Waals surface area contributed by atoms with E-state index in [9.17, 15) is 9.59 Å². The van der Waals surface area contributed by atoms with Gasteiger partial charge in [-0.1, -0.05) is 41.4 Å². The zero-order valence-electron chi connectivity index (χ0n) is 17.5. The molecule has 0 radical (unpaired) electrons. The molecule has 7 nitrogen and oxygen atoms in total. The maximum atomic E-state index is 12.9. The van der Waals surface area contributed by atoms with Gasteiger partial charge in [0.2, 0.25) is 0 Å². The molecule has 1 amide bonds. The Morgan fingerprint density at radius 1 is 1.06 bits per heavy atom. The quantitative estimate of drug-likeness (QED) is 0.540. The van der Waals surface area contributed by atoms with Crippen LogP contribution in [0.15, 0.2) is 47.3 Å². The first-order chi connectivity index (χ1) is 15.5. The molecule has 1 fully saturated rings. The van der Waals surface area contributed by atoms with E-state index < -0.39 is 0 Å². The highest BCUT2D eigenvalue weighted by Gasteiger charge is 2.15. The highest BCUT2D eigenvalue weighted by atomic mass is 35.5. The van der Waals surface area contributed by atoms with Crippen LogP contribution in [0.5, 0.6) is 5.75 Å². The van der Waals surface area contributed by atoms with Crippen LogP contribution in [0.2, 0.25) is 10.0 Å². The number of rotatable bonds is 8. The zero-order chi connectivity index (χ0) is 22.5. The van der Waals surface area contributed by atoms with Crippen LogP contribution in [0.3, 0.4) is 0 Å². The predicted octanol–water partition coefficient (Wildman–Crippen LogP) is 3.49. The van der Waals surface area contributed by atoms with Gasteiger partial charge in [0.1, 0.15) is 5.75 Å². The second kappa shape index (κ2) is 10.3. The predicted molar refractivity (Wildman–Crippen MR) is 125 cm³/mol. The summed E-state index contributed by atoms with van der Waals surface area (Å²) in [5.41, 5.74) is 0.523. The maximum Gasteiger partial charge on any atom is 0.274 e. The van der Waals surface area contributed by atoms with Crippen molar-refractivity contribution in [2.45, 2.75) is 25.9 Å². The van der Waals surface area contributed by atoms with Gasteiger partial charge in [-0.05, 0) is 50.2 Å². The van der Waals surface area contributed by atoms with E-state index in [1.165, 1.54) is 17.5 Å². The van der Waals surface area contributed by atoms with Crippen molar-refractivity contribution in [1.29, 1.82) is 0 Å². The normalized spacial score (nSPS) is 14.1. The topological polar surface area (TPSA) is 76.5 Å². The highest BCUT2D eigenvalue weighted by Crippen LogP contribution is 2.27. The first-order valence-electron chi connectivity index (χ1n) is 10.6. The van der Waals surface area contributed by atoms with Gasteiger partial charge in [-0.25, -0.2) is 4.68 Å². The third kappa shape index (κ3) is 5.41. The molecule has 0 aliphatic carbocycles. The molecular weight excluding hydrogens is 451 g/mol. The largest absolute Gasteiger partial charge is 0.482 e. The van der Waals surface area contributed by atoms with Gasteiger partial charge in [0.05, 0.1) is 29.2 Å². The number of nitrogens with zero attached hydrogens (tertiary/aromatic N) is 3. The van der Waals surface area contributed by atoms with Crippen molar-refractivity contribution in [2.24, 2.45) is 0 Å². The Kier molecular flexibility index (Phi) is 7.29. The van der Waals surface area contributed by atoms with E-state index in [1.54, 1.807) is 24.3 Å². The molecular formula is C23H24Cl2N4O3. The van der Waals surface area contributed by atoms with Crippen LogP contribution < -0.4 is 15.6 Å². The standard InChI is InChI=1S/C23H24Cl2N4O3/c24-16-7-8-21(19(25)13-16)32-15-22(30)26-14-20-17-5-1-2-6-18(17)23(31)29(27-20)12-11-28-9-3-4-10-28/h1-2,5-8,13H,3-4,9-12,14-15H2,(H,26,30). The van der Waals surface area contributed by atoms with Gasteiger partial charge in [-0.2, -0.15) is 5.10 Å². The monoisotopic (exact) mass is 474 g/mol. The van der Waals surface area contributed by atoms with Crippen molar-refractivity contribution in [3.05, 3.63) is 68.6 Å². The Balaban J connectivity index is 1.44. The van der Waals surface area contributed by atoms with Crippen LogP contribution in [0.4, 0.5) is 0 Å². The lowest BCUT2D eigenvalue weighted by Crippen LogP contribution is -2.33. The second-order valence-corrected chi connectivity index (χ2v) is 8.55. The Labute approximate surface area is 195 Å². The van der Waals surface area contributed by atoms with Gasteiger partial charge in [-0.15, -0.1) is 0 Å². The van der Waals surface area contributed by atoms with Crippen molar-refractivity contribution in [3.8, 4) is 5.75 Å². The smallest absolute Gasteiger partial charge is 0.274 e. The molecule has 0 atom stereocenters. The average molecular weight is 475 g/mol. The molecule has 168 valence electrons. The minimum atomic E-state index is -0.322. The van der Waals surface area contributed by atoms with Crippen LogP contribution in [0.1, 0.15) is 18.5 Å². The van der Waals surface area contributed by atoms with E-state index in [0.717, 1.165) is 25.0 Å². The number of hydrogen-bond donors (Lipinski definition) is 1. The molecule has 0 spiro atoms. The number of nitrogens with one attached hydrogen (secondary N) is 1. The Hall–Kier alpha value is -2.61. The van der Waals surface area contributed by atoms with Crippen molar-refractivity contribution < 1.29 is 9.53 Å². The average Bonchev–Trinajstić information content (AvgIpc) is 3.31. The fraction of sp³-hybridized carbons (Fsp3) is 0.348. The number of carbonyl (C=O) groups excluding carboxylic acids is 1. The Morgan fingerprint density at radius 2 is 1.81 bits per heavy atom. The SMILES string of the molecule is O=C(COc1ccc(Cl)cc1Cl)NCc1nn(CCN2CCCC2)c(=O)c2ccccc12. The Bertz CT molecular complexity index is 1180. The minimum absolute atomic E-state index is 0.115. The summed E-state index contributed by atoms with van der Waals surface area (Å²) >= 11 is 11.9. The van der Waals surface area contributed by atoms with Crippen LogP contribution in [-0.4, -0.2) is 46.8 Å². The number of halogens is 2. The molecule has 1 saturated heterocycles. The zero-order valence-corrected chi connectivity index (χ0v) is 19.0. The van der Waals surface area contributed by atoms with Crippen molar-refractivity contribution in [1.82, 2.24) is 20.0 Å². The van der Waals surface area contributed by atoms with Crippen LogP contribution in [-0.2, 0) is 17.9 Å². The van der Waals surface area contributed by atoms with E-state index in [1.807, 2.05) is 18.2 Å². The molecule has 2 heterocycles.